The predicted octanol–water partition coefficient (Wildman–Crippen LogP) is 7.04. The van der Waals surface area contributed by atoms with Crippen LogP contribution in [0.3, 0.4) is 0 Å². The van der Waals surface area contributed by atoms with E-state index in [1.165, 1.54) is 19.3 Å². The smallest absolute Gasteiger partial charge is 0.253 e. The second-order valence-corrected chi connectivity index (χ2v) is 10.8. The Balaban J connectivity index is 1.28. The van der Waals surface area contributed by atoms with Gasteiger partial charge in [-0.1, -0.05) is 54.4 Å². The lowest BCUT2D eigenvalue weighted by atomic mass is 9.54. The fraction of sp³-hybridized carbons (Fsp3) is 0.333. The van der Waals surface area contributed by atoms with E-state index in [1.807, 2.05) is 28.9 Å². The fourth-order valence-corrected chi connectivity index (χ4v) is 6.14. The average molecular weight is 500 g/mol. The van der Waals surface area contributed by atoms with Gasteiger partial charge in [0.1, 0.15) is 5.75 Å². The van der Waals surface area contributed by atoms with E-state index in [0.29, 0.717) is 16.0 Å². The molecule has 2 aliphatic carbocycles. The summed E-state index contributed by atoms with van der Waals surface area (Å²) in [4.78, 5) is 13.3. The molecule has 0 bridgehead atoms. The summed E-state index contributed by atoms with van der Waals surface area (Å²) in [6.07, 6.45) is 7.92. The molecule has 0 radical (unpaired) electrons. The summed E-state index contributed by atoms with van der Waals surface area (Å²) in [6.45, 7) is 2.10. The number of methoxy groups -OCH3 is 1. The molecule has 3 aromatic carbocycles. The Kier molecular flexibility index (Phi) is 5.76. The summed E-state index contributed by atoms with van der Waals surface area (Å²) in [5.74, 6) is 0.790. The van der Waals surface area contributed by atoms with Crippen molar-refractivity contribution in [2.75, 3.05) is 7.11 Å². The molecule has 0 unspecified atom stereocenters. The highest BCUT2D eigenvalue weighted by molar-refractivity contribution is 6.36. The lowest BCUT2D eigenvalue weighted by Gasteiger charge is -2.54. The van der Waals surface area contributed by atoms with Crippen LogP contribution in [0.25, 0.3) is 22.0 Å². The molecule has 1 spiro atoms. The van der Waals surface area contributed by atoms with Gasteiger partial charge < -0.3 is 10.1 Å². The van der Waals surface area contributed by atoms with E-state index in [0.717, 1.165) is 46.2 Å². The maximum absolute atomic E-state index is 13.3. The van der Waals surface area contributed by atoms with E-state index in [1.54, 1.807) is 19.4 Å². The number of ether oxygens (including phenoxy) is 1. The van der Waals surface area contributed by atoms with Gasteiger partial charge in [0, 0.05) is 11.4 Å². The molecular formula is C30H30ClN3O2. The summed E-state index contributed by atoms with van der Waals surface area (Å²) < 4.78 is 7.29. The van der Waals surface area contributed by atoms with Crippen molar-refractivity contribution in [1.29, 1.82) is 0 Å². The van der Waals surface area contributed by atoms with E-state index in [9.17, 15) is 4.79 Å². The molecule has 1 amide bonds. The Morgan fingerprint density at radius 3 is 2.58 bits per heavy atom. The molecule has 1 heterocycles. The first-order valence-corrected chi connectivity index (χ1v) is 13.1. The van der Waals surface area contributed by atoms with Gasteiger partial charge in [-0.2, -0.15) is 5.10 Å². The molecule has 2 aliphatic rings. The maximum Gasteiger partial charge on any atom is 0.253 e. The molecule has 6 heteroatoms. The minimum Gasteiger partial charge on any atom is -0.497 e. The molecule has 184 valence electrons. The highest BCUT2D eigenvalue weighted by atomic mass is 35.5. The average Bonchev–Trinajstić information content (AvgIpc) is 3.30. The molecule has 5 nitrogen and oxygen atoms in total. The number of halogens is 1. The first kappa shape index (κ1) is 23.1. The Hall–Kier alpha value is -3.31. The van der Waals surface area contributed by atoms with E-state index >= 15 is 0 Å². The van der Waals surface area contributed by atoms with Crippen LogP contribution >= 0.6 is 11.6 Å². The largest absolute Gasteiger partial charge is 0.497 e. The third-order valence-corrected chi connectivity index (χ3v) is 8.55. The number of hydrogen-bond donors (Lipinski definition) is 1. The summed E-state index contributed by atoms with van der Waals surface area (Å²) in [5.41, 5.74) is 5.24. The number of amides is 1. The van der Waals surface area contributed by atoms with Crippen LogP contribution < -0.4 is 10.1 Å². The van der Waals surface area contributed by atoms with Crippen molar-refractivity contribution in [3.05, 3.63) is 83.0 Å². The van der Waals surface area contributed by atoms with Gasteiger partial charge >= 0.3 is 0 Å². The summed E-state index contributed by atoms with van der Waals surface area (Å²) in [7, 11) is 1.68. The van der Waals surface area contributed by atoms with Crippen LogP contribution in [0.5, 0.6) is 5.75 Å². The SMILES string of the molecule is COc1cccc(-c2ccc([C@H](C)n3ncc4c(Cl)ccc(C(=O)NC5CC6(CCC6)C5)c43)cc2)c1. The first-order chi connectivity index (χ1) is 17.5. The zero-order valence-electron chi connectivity index (χ0n) is 20.6. The highest BCUT2D eigenvalue weighted by Gasteiger charge is 2.48. The third kappa shape index (κ3) is 3.96. The van der Waals surface area contributed by atoms with Crippen LogP contribution in [0, 0.1) is 5.41 Å². The monoisotopic (exact) mass is 499 g/mol. The molecule has 4 aromatic rings. The Bertz CT molecular complexity index is 1430. The lowest BCUT2D eigenvalue weighted by molar-refractivity contribution is -0.000604. The summed E-state index contributed by atoms with van der Waals surface area (Å²) in [6, 6.07) is 20.3. The van der Waals surface area contributed by atoms with Gasteiger partial charge in [-0.3, -0.25) is 9.48 Å². The van der Waals surface area contributed by atoms with Crippen molar-refractivity contribution in [3.63, 3.8) is 0 Å². The first-order valence-electron chi connectivity index (χ1n) is 12.7. The minimum absolute atomic E-state index is 0.0434. The van der Waals surface area contributed by atoms with Crippen molar-refractivity contribution >= 4 is 28.4 Å². The molecule has 1 aromatic heterocycles. The molecule has 1 atom stereocenters. The number of aromatic nitrogens is 2. The van der Waals surface area contributed by atoms with Crippen molar-refractivity contribution in [1.82, 2.24) is 15.1 Å². The normalized spacial score (nSPS) is 17.4. The standard InChI is InChI=1S/C30H30ClN3O2/c1-19(20-7-9-21(10-8-20)22-5-3-6-24(15-22)36-2)34-28-25(11-12-27(31)26(28)18-32-34)29(35)33-23-16-30(17-23)13-4-14-30/h3,5-12,15,18-19,23H,4,13-14,16-17H2,1-2H3,(H,33,35)/t19-/m0/s1. The van der Waals surface area contributed by atoms with Gasteiger partial charge in [-0.25, -0.2) is 0 Å². The molecular weight excluding hydrogens is 470 g/mol. The van der Waals surface area contributed by atoms with Crippen LogP contribution in [0.1, 0.15) is 61.0 Å². The Morgan fingerprint density at radius 2 is 1.89 bits per heavy atom. The van der Waals surface area contributed by atoms with Crippen LogP contribution in [0.4, 0.5) is 0 Å². The number of benzene rings is 3. The second-order valence-electron chi connectivity index (χ2n) is 10.4. The number of nitrogens with zero attached hydrogens (tertiary/aromatic N) is 2. The zero-order chi connectivity index (χ0) is 24.9. The number of nitrogens with one attached hydrogen (secondary N) is 1. The highest BCUT2D eigenvalue weighted by Crippen LogP contribution is 2.55. The third-order valence-electron chi connectivity index (χ3n) is 8.22. The van der Waals surface area contributed by atoms with Crippen LogP contribution in [-0.4, -0.2) is 28.8 Å². The van der Waals surface area contributed by atoms with Gasteiger partial charge in [0.2, 0.25) is 0 Å². The summed E-state index contributed by atoms with van der Waals surface area (Å²) >= 11 is 6.52. The predicted molar refractivity (Wildman–Crippen MR) is 144 cm³/mol. The Labute approximate surface area is 216 Å². The number of rotatable bonds is 6. The van der Waals surface area contributed by atoms with Crippen molar-refractivity contribution < 1.29 is 9.53 Å². The molecule has 0 saturated heterocycles. The van der Waals surface area contributed by atoms with Crippen molar-refractivity contribution in [2.24, 2.45) is 5.41 Å². The van der Waals surface area contributed by atoms with Gasteiger partial charge in [-0.05, 0) is 79.0 Å². The number of fused-ring (bicyclic) bond motifs is 1. The number of hydrogen-bond acceptors (Lipinski definition) is 3. The van der Waals surface area contributed by atoms with Crippen LogP contribution in [-0.2, 0) is 0 Å². The van der Waals surface area contributed by atoms with E-state index in [4.69, 9.17) is 16.3 Å². The van der Waals surface area contributed by atoms with Gasteiger partial charge in [0.05, 0.1) is 35.5 Å². The lowest BCUT2D eigenvalue weighted by Crippen LogP contribution is -2.53. The summed E-state index contributed by atoms with van der Waals surface area (Å²) in [5, 5.41) is 9.34. The zero-order valence-corrected chi connectivity index (χ0v) is 21.4. The molecule has 6 rings (SSSR count). The van der Waals surface area contributed by atoms with E-state index < -0.39 is 0 Å². The van der Waals surface area contributed by atoms with Gasteiger partial charge in [0.25, 0.3) is 5.91 Å². The molecule has 0 aliphatic heterocycles. The molecule has 2 saturated carbocycles. The maximum atomic E-state index is 13.3. The fourth-order valence-electron chi connectivity index (χ4n) is 5.94. The van der Waals surface area contributed by atoms with E-state index in [-0.39, 0.29) is 18.0 Å². The quantitative estimate of drug-likeness (QED) is 0.309. The number of carbonyl (C=O) groups is 1. The van der Waals surface area contributed by atoms with Crippen LogP contribution in [0.2, 0.25) is 5.02 Å². The van der Waals surface area contributed by atoms with Crippen molar-refractivity contribution in [2.45, 2.75) is 51.1 Å². The number of carbonyl (C=O) groups excluding carboxylic acids is 1. The molecule has 2 fully saturated rings. The van der Waals surface area contributed by atoms with E-state index in [2.05, 4.69) is 47.7 Å². The Morgan fingerprint density at radius 1 is 1.11 bits per heavy atom. The second kappa shape index (κ2) is 8.97. The van der Waals surface area contributed by atoms with Crippen molar-refractivity contribution in [3.8, 4) is 16.9 Å². The molecule has 36 heavy (non-hydrogen) atoms. The molecule has 1 N–H and O–H groups in total. The van der Waals surface area contributed by atoms with Gasteiger partial charge in [-0.15, -0.1) is 0 Å². The topological polar surface area (TPSA) is 56.2 Å². The minimum atomic E-state index is -0.0752. The van der Waals surface area contributed by atoms with Crippen LogP contribution in [0.15, 0.2) is 66.9 Å². The van der Waals surface area contributed by atoms with Gasteiger partial charge in [0.15, 0.2) is 0 Å².